The molecule has 106 valence electrons. The highest BCUT2D eigenvalue weighted by atomic mass is 32.2. The number of primary amides is 1. The Labute approximate surface area is 124 Å². The Morgan fingerprint density at radius 1 is 1.32 bits per heavy atom. The first-order valence-corrected chi connectivity index (χ1v) is 8.70. The smallest absolute Gasteiger partial charge is 0.227 e. The molecule has 1 aromatic rings. The van der Waals surface area contributed by atoms with E-state index >= 15 is 0 Å². The fraction of sp³-hybridized carbons (Fsp3) is 0.700. The summed E-state index contributed by atoms with van der Waals surface area (Å²) >= 11 is 4.56. The van der Waals surface area contributed by atoms with Crippen molar-refractivity contribution >= 4 is 40.8 Å². The number of amides is 1. The average Bonchev–Trinajstić information content (AvgIpc) is 2.86. The molecule has 0 unspecified atom stereocenters. The first kappa shape index (κ1) is 15.0. The van der Waals surface area contributed by atoms with Crippen molar-refractivity contribution in [2.45, 2.75) is 8.68 Å². The lowest BCUT2D eigenvalue weighted by atomic mass is 10.4. The lowest BCUT2D eigenvalue weighted by molar-refractivity contribution is -0.115. The number of hydrogen-bond donors (Lipinski definition) is 1. The molecule has 2 N–H and O–H groups in total. The van der Waals surface area contributed by atoms with Gasteiger partial charge in [0.2, 0.25) is 5.91 Å². The van der Waals surface area contributed by atoms with Crippen LogP contribution >= 0.6 is 34.9 Å². The van der Waals surface area contributed by atoms with E-state index in [9.17, 15) is 4.79 Å². The molecule has 1 aliphatic heterocycles. The highest BCUT2D eigenvalue weighted by molar-refractivity contribution is 8.03. The van der Waals surface area contributed by atoms with E-state index in [0.717, 1.165) is 47.3 Å². The van der Waals surface area contributed by atoms with Crippen LogP contribution in [0.1, 0.15) is 0 Å². The molecule has 0 bridgehead atoms. The number of nitrogens with two attached hydrogens (primary N) is 1. The van der Waals surface area contributed by atoms with Gasteiger partial charge < -0.3 is 10.5 Å². The third-order valence-corrected chi connectivity index (χ3v) is 5.65. The van der Waals surface area contributed by atoms with Crippen LogP contribution in [0.2, 0.25) is 0 Å². The third kappa shape index (κ3) is 5.65. The second-order valence-electron chi connectivity index (χ2n) is 3.89. The number of hydrogen-bond acceptors (Lipinski definition) is 8. The minimum atomic E-state index is -0.332. The van der Waals surface area contributed by atoms with Crippen LogP contribution in [0, 0.1) is 0 Å². The largest absolute Gasteiger partial charge is 0.379 e. The van der Waals surface area contributed by atoms with E-state index in [2.05, 4.69) is 15.1 Å². The zero-order valence-electron chi connectivity index (χ0n) is 10.4. The monoisotopic (exact) mass is 320 g/mol. The van der Waals surface area contributed by atoms with Gasteiger partial charge in [-0.1, -0.05) is 34.9 Å². The molecule has 19 heavy (non-hydrogen) atoms. The molecule has 2 rings (SSSR count). The van der Waals surface area contributed by atoms with Gasteiger partial charge >= 0.3 is 0 Å². The van der Waals surface area contributed by atoms with Crippen molar-refractivity contribution in [2.24, 2.45) is 5.73 Å². The molecule has 0 spiro atoms. The van der Waals surface area contributed by atoms with Crippen LogP contribution < -0.4 is 5.73 Å². The Morgan fingerprint density at radius 2 is 2.00 bits per heavy atom. The van der Waals surface area contributed by atoms with Crippen molar-refractivity contribution in [1.82, 2.24) is 15.1 Å². The van der Waals surface area contributed by atoms with E-state index in [1.807, 2.05) is 0 Å². The van der Waals surface area contributed by atoms with Gasteiger partial charge in [0.15, 0.2) is 8.68 Å². The Bertz CT molecular complexity index is 409. The zero-order chi connectivity index (χ0) is 13.5. The van der Waals surface area contributed by atoms with Crippen molar-refractivity contribution in [2.75, 3.05) is 44.4 Å². The van der Waals surface area contributed by atoms with Crippen molar-refractivity contribution in [3.05, 3.63) is 0 Å². The second-order valence-corrected chi connectivity index (χ2v) is 7.43. The van der Waals surface area contributed by atoms with Gasteiger partial charge in [-0.15, -0.1) is 10.2 Å². The predicted octanol–water partition coefficient (Wildman–Crippen LogP) is 0.540. The molecule has 1 aliphatic rings. The number of rotatable bonds is 7. The normalized spacial score (nSPS) is 16.6. The number of nitrogens with zero attached hydrogens (tertiary/aromatic N) is 3. The summed E-state index contributed by atoms with van der Waals surface area (Å²) in [5, 5.41) is 8.11. The minimum Gasteiger partial charge on any atom is -0.379 e. The van der Waals surface area contributed by atoms with Crippen LogP contribution in [-0.2, 0) is 9.53 Å². The topological polar surface area (TPSA) is 81.3 Å². The van der Waals surface area contributed by atoms with Gasteiger partial charge in [-0.05, 0) is 0 Å². The summed E-state index contributed by atoms with van der Waals surface area (Å²) in [6.07, 6.45) is 0. The Hall–Kier alpha value is -0.350. The molecule has 0 radical (unpaired) electrons. The van der Waals surface area contributed by atoms with E-state index in [1.165, 1.54) is 23.1 Å². The molecule has 1 fully saturated rings. The standard InChI is InChI=1S/C10H16N4O2S3/c11-8(15)7-18-10-13-12-9(19-10)17-6-3-14-1-4-16-5-2-14/h1-7H2,(H2,11,15). The molecule has 9 heteroatoms. The maximum absolute atomic E-state index is 10.7. The van der Waals surface area contributed by atoms with Crippen LogP contribution in [0.4, 0.5) is 0 Å². The highest BCUT2D eigenvalue weighted by Gasteiger charge is 2.11. The lowest BCUT2D eigenvalue weighted by Crippen LogP contribution is -2.37. The fourth-order valence-corrected chi connectivity index (χ4v) is 4.36. The molecule has 1 amide bonds. The second kappa shape index (κ2) is 8.05. The van der Waals surface area contributed by atoms with Crippen molar-refractivity contribution in [3.8, 4) is 0 Å². The van der Waals surface area contributed by atoms with E-state index in [-0.39, 0.29) is 11.7 Å². The van der Waals surface area contributed by atoms with Gasteiger partial charge in [-0.3, -0.25) is 9.69 Å². The Morgan fingerprint density at radius 3 is 2.68 bits per heavy atom. The predicted molar refractivity (Wildman–Crippen MR) is 77.8 cm³/mol. The van der Waals surface area contributed by atoms with Crippen LogP contribution in [0.15, 0.2) is 8.68 Å². The quantitative estimate of drug-likeness (QED) is 0.734. The molecule has 0 aliphatic carbocycles. The number of carbonyl (C=O) groups is 1. The number of morpholine rings is 1. The SMILES string of the molecule is NC(=O)CSc1nnc(SCCN2CCOCC2)s1. The Balaban J connectivity index is 1.66. The summed E-state index contributed by atoms with van der Waals surface area (Å²) in [7, 11) is 0. The van der Waals surface area contributed by atoms with Crippen molar-refractivity contribution < 1.29 is 9.53 Å². The van der Waals surface area contributed by atoms with Gasteiger partial charge in [-0.25, -0.2) is 0 Å². The van der Waals surface area contributed by atoms with Crippen molar-refractivity contribution in [1.29, 1.82) is 0 Å². The first-order chi connectivity index (χ1) is 9.24. The van der Waals surface area contributed by atoms with Gasteiger partial charge in [0.25, 0.3) is 0 Å². The molecule has 1 aromatic heterocycles. The summed E-state index contributed by atoms with van der Waals surface area (Å²) < 4.78 is 7.05. The van der Waals surface area contributed by atoms with Crippen LogP contribution in [0.25, 0.3) is 0 Å². The summed E-state index contributed by atoms with van der Waals surface area (Å²) in [6.45, 7) is 4.72. The van der Waals surface area contributed by atoms with E-state index in [4.69, 9.17) is 10.5 Å². The number of carbonyl (C=O) groups excluding carboxylic acids is 1. The van der Waals surface area contributed by atoms with Crippen molar-refractivity contribution in [3.63, 3.8) is 0 Å². The molecule has 0 saturated carbocycles. The summed E-state index contributed by atoms with van der Waals surface area (Å²) in [5.74, 6) is 0.920. The molecule has 2 heterocycles. The zero-order valence-corrected chi connectivity index (χ0v) is 12.9. The molecule has 6 nitrogen and oxygen atoms in total. The first-order valence-electron chi connectivity index (χ1n) is 5.91. The summed E-state index contributed by atoms with van der Waals surface area (Å²) in [4.78, 5) is 13.1. The summed E-state index contributed by atoms with van der Waals surface area (Å²) in [5.41, 5.74) is 5.09. The van der Waals surface area contributed by atoms with Gasteiger partial charge in [0.05, 0.1) is 19.0 Å². The summed E-state index contributed by atoms with van der Waals surface area (Å²) in [6, 6.07) is 0. The molecule has 1 saturated heterocycles. The van der Waals surface area contributed by atoms with Crippen LogP contribution in [0.3, 0.4) is 0 Å². The fourth-order valence-electron chi connectivity index (χ4n) is 1.53. The Kier molecular flexibility index (Phi) is 6.38. The molecule has 0 aromatic carbocycles. The highest BCUT2D eigenvalue weighted by Crippen LogP contribution is 2.28. The minimum absolute atomic E-state index is 0.257. The molecular formula is C10H16N4O2S3. The van der Waals surface area contributed by atoms with E-state index < -0.39 is 0 Å². The number of aromatic nitrogens is 2. The maximum Gasteiger partial charge on any atom is 0.227 e. The van der Waals surface area contributed by atoms with E-state index in [1.54, 1.807) is 11.8 Å². The van der Waals surface area contributed by atoms with E-state index in [0.29, 0.717) is 0 Å². The lowest BCUT2D eigenvalue weighted by Gasteiger charge is -2.25. The number of ether oxygens (including phenoxy) is 1. The van der Waals surface area contributed by atoms with Crippen LogP contribution in [-0.4, -0.2) is 65.4 Å². The van der Waals surface area contributed by atoms with Gasteiger partial charge in [-0.2, -0.15) is 0 Å². The third-order valence-electron chi connectivity index (χ3n) is 2.46. The van der Waals surface area contributed by atoms with Crippen LogP contribution in [0.5, 0.6) is 0 Å². The number of thioether (sulfide) groups is 2. The maximum atomic E-state index is 10.7. The van der Waals surface area contributed by atoms with Gasteiger partial charge in [0, 0.05) is 25.4 Å². The average molecular weight is 320 g/mol. The molecular weight excluding hydrogens is 304 g/mol. The van der Waals surface area contributed by atoms with Gasteiger partial charge in [0.1, 0.15) is 0 Å². The molecule has 0 atom stereocenters.